The molecule has 1 heterocycles. The van der Waals surface area contributed by atoms with E-state index in [9.17, 15) is 4.79 Å². The van der Waals surface area contributed by atoms with Gasteiger partial charge in [0.2, 0.25) is 0 Å². The number of rotatable bonds is 3. The van der Waals surface area contributed by atoms with Crippen molar-refractivity contribution in [1.29, 1.82) is 0 Å². The van der Waals surface area contributed by atoms with Gasteiger partial charge in [0.05, 0.1) is 11.3 Å². The lowest BCUT2D eigenvalue weighted by Gasteiger charge is -2.15. The first-order valence-corrected chi connectivity index (χ1v) is 8.24. The highest BCUT2D eigenvalue weighted by Crippen LogP contribution is 2.26. The second-order valence-electron chi connectivity index (χ2n) is 6.34. The van der Waals surface area contributed by atoms with Crippen LogP contribution in [0.4, 0.5) is 0 Å². The fourth-order valence-corrected chi connectivity index (χ4v) is 3.14. The van der Waals surface area contributed by atoms with Gasteiger partial charge in [0, 0.05) is 22.4 Å². The fourth-order valence-electron chi connectivity index (χ4n) is 2.17. The Bertz CT molecular complexity index is 852. The molecule has 2 aromatic carbocycles. The number of fused-ring (bicyclic) bond motifs is 3. The van der Waals surface area contributed by atoms with Crippen molar-refractivity contribution in [1.82, 2.24) is 9.97 Å². The molecular weight excluding hydrogens is 292 g/mol. The number of carbonyl (C=O) groups excluding carboxylic acids is 1. The van der Waals surface area contributed by atoms with E-state index in [0.29, 0.717) is 10.9 Å². The Morgan fingerprint density at radius 3 is 2.59 bits per heavy atom. The molecule has 4 heteroatoms. The Morgan fingerprint density at radius 2 is 1.82 bits per heavy atom. The Hall–Kier alpha value is -1.94. The molecule has 0 saturated heterocycles. The zero-order valence-electron chi connectivity index (χ0n) is 13.0. The Kier molecular flexibility index (Phi) is 3.87. The second kappa shape index (κ2) is 5.69. The van der Waals surface area contributed by atoms with Crippen LogP contribution < -0.4 is 0 Å². The topological polar surface area (TPSA) is 42.9 Å². The highest BCUT2D eigenvalue weighted by Gasteiger charge is 2.21. The van der Waals surface area contributed by atoms with Gasteiger partial charge in [-0.25, -0.2) is 9.97 Å². The molecular formula is C18H18N2OS. The Balaban J connectivity index is 1.95. The van der Waals surface area contributed by atoms with Gasteiger partial charge in [0.25, 0.3) is 0 Å². The standard InChI is InChI=1S/C18H18N2OS/c1-18(2,3)15(21)11-22-17-19-10-13-9-8-12-6-4-5-7-14(12)16(13)20-17/h4-10H,11H2,1-3H3. The third-order valence-electron chi connectivity index (χ3n) is 3.62. The molecule has 0 aliphatic carbocycles. The lowest BCUT2D eigenvalue weighted by atomic mass is 9.92. The van der Waals surface area contributed by atoms with Crippen molar-refractivity contribution < 1.29 is 4.79 Å². The highest BCUT2D eigenvalue weighted by molar-refractivity contribution is 7.99. The van der Waals surface area contributed by atoms with Crippen LogP contribution in [0.5, 0.6) is 0 Å². The maximum Gasteiger partial charge on any atom is 0.188 e. The van der Waals surface area contributed by atoms with Gasteiger partial charge >= 0.3 is 0 Å². The number of Topliss-reactive ketones (excluding diaryl/α,β-unsaturated/α-hetero) is 1. The molecule has 0 amide bonds. The Labute approximate surface area is 134 Å². The third-order valence-corrected chi connectivity index (χ3v) is 4.48. The predicted octanol–water partition coefficient (Wildman–Crippen LogP) is 4.49. The molecule has 3 rings (SSSR count). The van der Waals surface area contributed by atoms with Crippen LogP contribution in [0.3, 0.4) is 0 Å². The van der Waals surface area contributed by atoms with Crippen molar-refractivity contribution >= 4 is 39.2 Å². The highest BCUT2D eigenvalue weighted by atomic mass is 32.2. The SMILES string of the molecule is CC(C)(C)C(=O)CSc1ncc2ccc3ccccc3c2n1. The van der Waals surface area contributed by atoms with Gasteiger partial charge in [-0.3, -0.25) is 4.79 Å². The van der Waals surface area contributed by atoms with Gasteiger partial charge in [-0.2, -0.15) is 0 Å². The molecule has 0 radical (unpaired) electrons. The van der Waals surface area contributed by atoms with E-state index in [4.69, 9.17) is 0 Å². The van der Waals surface area contributed by atoms with Crippen LogP contribution in [-0.4, -0.2) is 21.5 Å². The molecule has 0 bridgehead atoms. The van der Waals surface area contributed by atoms with Crippen LogP contribution in [0.15, 0.2) is 47.8 Å². The van der Waals surface area contributed by atoms with E-state index >= 15 is 0 Å². The minimum absolute atomic E-state index is 0.208. The average Bonchev–Trinajstić information content (AvgIpc) is 2.51. The van der Waals surface area contributed by atoms with Gasteiger partial charge in [-0.1, -0.05) is 68.9 Å². The summed E-state index contributed by atoms with van der Waals surface area (Å²) in [7, 11) is 0. The van der Waals surface area contributed by atoms with Crippen LogP contribution >= 0.6 is 11.8 Å². The zero-order chi connectivity index (χ0) is 15.7. The number of nitrogens with zero attached hydrogens (tertiary/aromatic N) is 2. The van der Waals surface area contributed by atoms with Crippen LogP contribution in [0.25, 0.3) is 21.7 Å². The summed E-state index contributed by atoms with van der Waals surface area (Å²) in [5.74, 6) is 0.610. The molecule has 22 heavy (non-hydrogen) atoms. The zero-order valence-corrected chi connectivity index (χ0v) is 13.8. The summed E-state index contributed by atoms with van der Waals surface area (Å²) in [5.41, 5.74) is 0.620. The maximum atomic E-state index is 12.0. The lowest BCUT2D eigenvalue weighted by molar-refractivity contribution is -0.123. The molecule has 0 aliphatic rings. The van der Waals surface area contributed by atoms with E-state index in [1.807, 2.05) is 45.2 Å². The van der Waals surface area contributed by atoms with Crippen molar-refractivity contribution in [2.24, 2.45) is 5.41 Å². The van der Waals surface area contributed by atoms with Gasteiger partial charge in [-0.05, 0) is 5.39 Å². The number of benzene rings is 2. The molecule has 0 saturated carbocycles. The summed E-state index contributed by atoms with van der Waals surface area (Å²) in [4.78, 5) is 21.1. The van der Waals surface area contributed by atoms with E-state index in [0.717, 1.165) is 21.7 Å². The van der Waals surface area contributed by atoms with E-state index in [2.05, 4.69) is 28.2 Å². The van der Waals surface area contributed by atoms with Crippen molar-refractivity contribution in [3.8, 4) is 0 Å². The molecule has 0 atom stereocenters. The smallest absolute Gasteiger partial charge is 0.188 e. The van der Waals surface area contributed by atoms with Crippen LogP contribution in [-0.2, 0) is 4.79 Å². The van der Waals surface area contributed by atoms with Gasteiger partial charge in [0.15, 0.2) is 5.16 Å². The largest absolute Gasteiger partial charge is 0.298 e. The van der Waals surface area contributed by atoms with Gasteiger partial charge < -0.3 is 0 Å². The lowest BCUT2D eigenvalue weighted by Crippen LogP contribution is -2.22. The van der Waals surface area contributed by atoms with Crippen molar-refractivity contribution in [2.45, 2.75) is 25.9 Å². The summed E-state index contributed by atoms with van der Waals surface area (Å²) >= 11 is 1.41. The fraction of sp³-hybridized carbons (Fsp3) is 0.278. The second-order valence-corrected chi connectivity index (χ2v) is 7.28. The number of hydrogen-bond donors (Lipinski definition) is 0. The molecule has 1 aromatic heterocycles. The minimum atomic E-state index is -0.323. The third kappa shape index (κ3) is 2.97. The molecule has 0 fully saturated rings. The quantitative estimate of drug-likeness (QED) is 0.406. The minimum Gasteiger partial charge on any atom is -0.298 e. The van der Waals surface area contributed by atoms with Gasteiger partial charge in [0.1, 0.15) is 5.78 Å². The monoisotopic (exact) mass is 310 g/mol. The first kappa shape index (κ1) is 15.0. The summed E-state index contributed by atoms with van der Waals surface area (Å²) < 4.78 is 0. The van der Waals surface area contributed by atoms with E-state index in [1.165, 1.54) is 11.8 Å². The average molecular weight is 310 g/mol. The van der Waals surface area contributed by atoms with Crippen LogP contribution in [0.2, 0.25) is 0 Å². The first-order chi connectivity index (χ1) is 10.4. The van der Waals surface area contributed by atoms with E-state index in [-0.39, 0.29) is 11.2 Å². The number of hydrogen-bond acceptors (Lipinski definition) is 4. The summed E-state index contributed by atoms with van der Waals surface area (Å²) in [6.07, 6.45) is 1.83. The molecule has 0 aliphatic heterocycles. The summed E-state index contributed by atoms with van der Waals surface area (Å²) in [6, 6.07) is 12.3. The van der Waals surface area contributed by atoms with Crippen molar-refractivity contribution in [3.63, 3.8) is 0 Å². The van der Waals surface area contributed by atoms with Gasteiger partial charge in [-0.15, -0.1) is 0 Å². The van der Waals surface area contributed by atoms with E-state index in [1.54, 1.807) is 0 Å². The number of carbonyl (C=O) groups is 1. The van der Waals surface area contributed by atoms with E-state index < -0.39 is 0 Å². The van der Waals surface area contributed by atoms with Crippen molar-refractivity contribution in [3.05, 3.63) is 42.6 Å². The molecule has 3 aromatic rings. The molecule has 112 valence electrons. The first-order valence-electron chi connectivity index (χ1n) is 7.26. The molecule has 3 nitrogen and oxygen atoms in total. The molecule has 0 spiro atoms. The predicted molar refractivity (Wildman–Crippen MR) is 92.2 cm³/mol. The van der Waals surface area contributed by atoms with Crippen molar-refractivity contribution in [2.75, 3.05) is 5.75 Å². The number of aromatic nitrogens is 2. The summed E-state index contributed by atoms with van der Waals surface area (Å²) in [6.45, 7) is 5.81. The van der Waals surface area contributed by atoms with Crippen LogP contribution in [0.1, 0.15) is 20.8 Å². The maximum absolute atomic E-state index is 12.0. The summed E-state index contributed by atoms with van der Waals surface area (Å²) in [5, 5.41) is 3.95. The number of thioether (sulfide) groups is 1. The molecule has 0 unspecified atom stereocenters. The van der Waals surface area contributed by atoms with Crippen LogP contribution in [0, 0.1) is 5.41 Å². The molecule has 0 N–H and O–H groups in total. The Morgan fingerprint density at radius 1 is 1.09 bits per heavy atom. The number of ketones is 1. The normalized spacial score (nSPS) is 12.0.